The summed E-state index contributed by atoms with van der Waals surface area (Å²) in [6, 6.07) is 10.4. The fraction of sp³-hybridized carbons (Fsp3) is 0.450. The molecule has 1 saturated heterocycles. The highest BCUT2D eigenvalue weighted by Crippen LogP contribution is 2.36. The number of methoxy groups -OCH3 is 2. The maximum atomic E-state index is 12.5. The first kappa shape index (κ1) is 18.7. The number of nitrogens with one attached hydrogen (secondary N) is 1. The zero-order chi connectivity index (χ0) is 18.5. The van der Waals surface area contributed by atoms with E-state index in [-0.39, 0.29) is 18.0 Å². The van der Waals surface area contributed by atoms with Crippen LogP contribution in [0.15, 0.2) is 35.7 Å². The van der Waals surface area contributed by atoms with Crippen LogP contribution in [0.1, 0.15) is 42.3 Å². The topological polar surface area (TPSA) is 50.8 Å². The number of rotatable bonds is 7. The molecule has 3 rings (SSSR count). The lowest BCUT2D eigenvalue weighted by molar-refractivity contribution is -0.123. The van der Waals surface area contributed by atoms with Crippen molar-refractivity contribution in [1.82, 2.24) is 10.2 Å². The van der Waals surface area contributed by atoms with Gasteiger partial charge >= 0.3 is 0 Å². The summed E-state index contributed by atoms with van der Waals surface area (Å²) in [5.74, 6) is 1.52. The number of nitrogens with zero attached hydrogens (tertiary/aromatic N) is 1. The van der Waals surface area contributed by atoms with Gasteiger partial charge in [0.15, 0.2) is 11.5 Å². The van der Waals surface area contributed by atoms with E-state index in [2.05, 4.69) is 22.3 Å². The average Bonchev–Trinajstić information content (AvgIpc) is 3.33. The SMILES string of the molecule is COc1ccc(C2CCCN2CC(=O)NC(C)c2cccs2)cc1OC. The van der Waals surface area contributed by atoms with Crippen LogP contribution in [-0.4, -0.2) is 38.1 Å². The van der Waals surface area contributed by atoms with Crippen LogP contribution < -0.4 is 14.8 Å². The smallest absolute Gasteiger partial charge is 0.234 e. The highest BCUT2D eigenvalue weighted by molar-refractivity contribution is 7.10. The molecule has 6 heteroatoms. The molecule has 2 aromatic rings. The van der Waals surface area contributed by atoms with E-state index in [0.717, 1.165) is 30.9 Å². The molecule has 1 amide bonds. The van der Waals surface area contributed by atoms with Crippen LogP contribution in [0.3, 0.4) is 0 Å². The van der Waals surface area contributed by atoms with Gasteiger partial charge in [0.1, 0.15) is 0 Å². The molecule has 0 aliphatic carbocycles. The summed E-state index contributed by atoms with van der Waals surface area (Å²) in [4.78, 5) is 15.9. The molecule has 0 spiro atoms. The van der Waals surface area contributed by atoms with Crippen molar-refractivity contribution in [3.8, 4) is 11.5 Å². The molecule has 1 fully saturated rings. The molecule has 1 aliphatic rings. The molecule has 2 heterocycles. The molecule has 2 atom stereocenters. The molecule has 5 nitrogen and oxygen atoms in total. The predicted molar refractivity (Wildman–Crippen MR) is 104 cm³/mol. The Morgan fingerprint density at radius 2 is 2.12 bits per heavy atom. The maximum Gasteiger partial charge on any atom is 0.234 e. The van der Waals surface area contributed by atoms with Gasteiger partial charge in [-0.2, -0.15) is 0 Å². The van der Waals surface area contributed by atoms with Crippen LogP contribution in [0.25, 0.3) is 0 Å². The van der Waals surface area contributed by atoms with E-state index in [9.17, 15) is 4.79 Å². The third kappa shape index (κ3) is 4.19. The lowest BCUT2D eigenvalue weighted by Crippen LogP contribution is -2.37. The van der Waals surface area contributed by atoms with Gasteiger partial charge in [-0.3, -0.25) is 9.69 Å². The molecule has 1 N–H and O–H groups in total. The van der Waals surface area contributed by atoms with Gasteiger partial charge in [0.2, 0.25) is 5.91 Å². The maximum absolute atomic E-state index is 12.5. The summed E-state index contributed by atoms with van der Waals surface area (Å²) in [5, 5.41) is 5.14. The number of benzene rings is 1. The number of ether oxygens (including phenoxy) is 2. The van der Waals surface area contributed by atoms with E-state index in [4.69, 9.17) is 9.47 Å². The highest BCUT2D eigenvalue weighted by atomic mass is 32.1. The number of hydrogen-bond donors (Lipinski definition) is 1. The quantitative estimate of drug-likeness (QED) is 0.801. The zero-order valence-corrected chi connectivity index (χ0v) is 16.3. The van der Waals surface area contributed by atoms with Crippen molar-refractivity contribution in [2.45, 2.75) is 31.8 Å². The standard InChI is InChI=1S/C20H26N2O3S/c1-14(19-7-5-11-26-19)21-20(23)13-22-10-4-6-16(22)15-8-9-17(24-2)18(12-15)25-3/h5,7-9,11-12,14,16H,4,6,10,13H2,1-3H3,(H,21,23). The second-order valence-corrected chi connectivity index (χ2v) is 7.53. The number of amides is 1. The Labute approximate surface area is 158 Å². The Kier molecular flexibility index (Phi) is 6.16. The van der Waals surface area contributed by atoms with Gasteiger partial charge in [0.25, 0.3) is 0 Å². The largest absolute Gasteiger partial charge is 0.493 e. The van der Waals surface area contributed by atoms with Crippen LogP contribution in [0.2, 0.25) is 0 Å². The van der Waals surface area contributed by atoms with Crippen molar-refractivity contribution >= 4 is 17.2 Å². The third-order valence-electron chi connectivity index (χ3n) is 4.85. The molecule has 140 valence electrons. The second kappa shape index (κ2) is 8.56. The Morgan fingerprint density at radius 3 is 2.81 bits per heavy atom. The normalized spacial score (nSPS) is 18.5. The Balaban J connectivity index is 1.65. The minimum Gasteiger partial charge on any atom is -0.493 e. The van der Waals surface area contributed by atoms with Crippen molar-refractivity contribution in [2.24, 2.45) is 0 Å². The van der Waals surface area contributed by atoms with Crippen LogP contribution in [0.5, 0.6) is 11.5 Å². The van der Waals surface area contributed by atoms with E-state index in [1.807, 2.05) is 30.5 Å². The van der Waals surface area contributed by atoms with Gasteiger partial charge < -0.3 is 14.8 Å². The summed E-state index contributed by atoms with van der Waals surface area (Å²) in [5.41, 5.74) is 1.17. The summed E-state index contributed by atoms with van der Waals surface area (Å²) in [7, 11) is 3.28. The summed E-state index contributed by atoms with van der Waals surface area (Å²) >= 11 is 1.67. The second-order valence-electron chi connectivity index (χ2n) is 6.55. The fourth-order valence-electron chi connectivity index (χ4n) is 3.53. The van der Waals surface area contributed by atoms with E-state index in [0.29, 0.717) is 6.54 Å². The predicted octanol–water partition coefficient (Wildman–Crippen LogP) is 3.78. The molecule has 26 heavy (non-hydrogen) atoms. The summed E-state index contributed by atoms with van der Waals surface area (Å²) < 4.78 is 10.7. The Hall–Kier alpha value is -2.05. The Morgan fingerprint density at radius 1 is 1.31 bits per heavy atom. The van der Waals surface area contributed by atoms with Crippen LogP contribution >= 0.6 is 11.3 Å². The molecule has 1 aromatic carbocycles. The van der Waals surface area contributed by atoms with Gasteiger partial charge in [-0.25, -0.2) is 0 Å². The number of thiophene rings is 1. The Bertz CT molecular complexity index is 733. The monoisotopic (exact) mass is 374 g/mol. The third-order valence-corrected chi connectivity index (χ3v) is 5.91. The number of carbonyl (C=O) groups is 1. The van der Waals surface area contributed by atoms with E-state index >= 15 is 0 Å². The van der Waals surface area contributed by atoms with Crippen LogP contribution in [-0.2, 0) is 4.79 Å². The number of likely N-dealkylation sites (tertiary alicyclic amines) is 1. The lowest BCUT2D eigenvalue weighted by atomic mass is 10.0. The van der Waals surface area contributed by atoms with Crippen molar-refractivity contribution in [3.63, 3.8) is 0 Å². The van der Waals surface area contributed by atoms with Crippen molar-refractivity contribution < 1.29 is 14.3 Å². The van der Waals surface area contributed by atoms with E-state index < -0.39 is 0 Å². The van der Waals surface area contributed by atoms with Crippen molar-refractivity contribution in [2.75, 3.05) is 27.3 Å². The molecule has 1 aliphatic heterocycles. The van der Waals surface area contributed by atoms with Crippen LogP contribution in [0.4, 0.5) is 0 Å². The molecular formula is C20H26N2O3S. The minimum absolute atomic E-state index is 0.0460. The molecule has 2 unspecified atom stereocenters. The van der Waals surface area contributed by atoms with Gasteiger partial charge in [0, 0.05) is 10.9 Å². The van der Waals surface area contributed by atoms with Gasteiger partial charge in [0.05, 0.1) is 26.8 Å². The number of hydrogen-bond acceptors (Lipinski definition) is 5. The zero-order valence-electron chi connectivity index (χ0n) is 15.5. The molecule has 0 bridgehead atoms. The van der Waals surface area contributed by atoms with Crippen LogP contribution in [0, 0.1) is 0 Å². The summed E-state index contributed by atoms with van der Waals surface area (Å²) in [6.45, 7) is 3.37. The molecule has 1 aromatic heterocycles. The van der Waals surface area contributed by atoms with E-state index in [1.165, 1.54) is 10.4 Å². The first-order chi connectivity index (χ1) is 12.6. The molecular weight excluding hydrogens is 348 g/mol. The van der Waals surface area contributed by atoms with Gasteiger partial charge in [-0.05, 0) is 55.5 Å². The average molecular weight is 375 g/mol. The highest BCUT2D eigenvalue weighted by Gasteiger charge is 2.28. The summed E-state index contributed by atoms with van der Waals surface area (Å²) in [6.07, 6.45) is 2.13. The number of carbonyl (C=O) groups excluding carboxylic acids is 1. The fourth-order valence-corrected chi connectivity index (χ4v) is 4.27. The van der Waals surface area contributed by atoms with Crippen molar-refractivity contribution in [3.05, 3.63) is 46.2 Å². The minimum atomic E-state index is 0.0460. The molecule has 0 saturated carbocycles. The lowest BCUT2D eigenvalue weighted by Gasteiger charge is -2.25. The first-order valence-electron chi connectivity index (χ1n) is 8.91. The molecule has 0 radical (unpaired) electrons. The van der Waals surface area contributed by atoms with Crippen molar-refractivity contribution in [1.29, 1.82) is 0 Å². The van der Waals surface area contributed by atoms with Gasteiger partial charge in [-0.15, -0.1) is 11.3 Å². The first-order valence-corrected chi connectivity index (χ1v) is 9.79. The van der Waals surface area contributed by atoms with Gasteiger partial charge in [-0.1, -0.05) is 12.1 Å². The van der Waals surface area contributed by atoms with E-state index in [1.54, 1.807) is 25.6 Å².